The van der Waals surface area contributed by atoms with Gasteiger partial charge in [-0.3, -0.25) is 0 Å². The van der Waals surface area contributed by atoms with Gasteiger partial charge in [0.1, 0.15) is 5.82 Å². The van der Waals surface area contributed by atoms with Crippen molar-refractivity contribution < 1.29 is 4.39 Å². The van der Waals surface area contributed by atoms with Gasteiger partial charge in [-0.1, -0.05) is 6.07 Å². The second-order valence-electron chi connectivity index (χ2n) is 4.47. The molecule has 0 bridgehead atoms. The Hall–Kier alpha value is -1.26. The van der Waals surface area contributed by atoms with Crippen LogP contribution < -0.4 is 5.32 Å². The van der Waals surface area contributed by atoms with Crippen molar-refractivity contribution in [3.63, 3.8) is 0 Å². The molecule has 1 heterocycles. The van der Waals surface area contributed by atoms with E-state index in [-0.39, 0.29) is 11.9 Å². The Morgan fingerprint density at radius 2 is 1.94 bits per heavy atom. The molecule has 0 fully saturated rings. The molecule has 1 atom stereocenters. The summed E-state index contributed by atoms with van der Waals surface area (Å²) in [5.41, 5.74) is 2.89. The third-order valence-electron chi connectivity index (χ3n) is 2.89. The van der Waals surface area contributed by atoms with Gasteiger partial charge in [-0.25, -0.2) is 9.37 Å². The lowest BCUT2D eigenvalue weighted by atomic mass is 10.0. The van der Waals surface area contributed by atoms with E-state index in [1.54, 1.807) is 23.5 Å². The lowest BCUT2D eigenvalue weighted by Crippen LogP contribution is -2.17. The van der Waals surface area contributed by atoms with Crippen molar-refractivity contribution >= 4 is 11.3 Å². The fourth-order valence-electron chi connectivity index (χ4n) is 2.20. The molecule has 0 saturated carbocycles. The standard InChI is InChI=1S/C14H17FN2S/c1-8-5-11(7-12(15)6-8)13(16-4)14-9(2)17-10(3)18-14/h5-7,13,16H,1-4H3. The zero-order valence-electron chi connectivity index (χ0n) is 11.0. The Morgan fingerprint density at radius 3 is 2.44 bits per heavy atom. The summed E-state index contributed by atoms with van der Waals surface area (Å²) in [6, 6.07) is 5.15. The number of hydrogen-bond acceptors (Lipinski definition) is 3. The van der Waals surface area contributed by atoms with Crippen LogP contribution in [0.4, 0.5) is 4.39 Å². The van der Waals surface area contributed by atoms with Gasteiger partial charge < -0.3 is 5.32 Å². The molecule has 0 saturated heterocycles. The van der Waals surface area contributed by atoms with Crippen LogP contribution >= 0.6 is 11.3 Å². The first-order chi connectivity index (χ1) is 8.51. The molecule has 1 N–H and O–H groups in total. The van der Waals surface area contributed by atoms with Crippen LogP contribution in [-0.4, -0.2) is 12.0 Å². The van der Waals surface area contributed by atoms with Gasteiger partial charge in [0, 0.05) is 4.88 Å². The topological polar surface area (TPSA) is 24.9 Å². The molecule has 18 heavy (non-hydrogen) atoms. The summed E-state index contributed by atoms with van der Waals surface area (Å²) in [6.07, 6.45) is 0. The molecule has 1 aromatic carbocycles. The average Bonchev–Trinajstić information content (AvgIpc) is 2.58. The quantitative estimate of drug-likeness (QED) is 0.917. The molecule has 2 rings (SSSR count). The molecule has 1 aromatic heterocycles. The third-order valence-corrected chi connectivity index (χ3v) is 4.03. The minimum absolute atomic E-state index is 0.00519. The second-order valence-corrected chi connectivity index (χ2v) is 5.70. The summed E-state index contributed by atoms with van der Waals surface area (Å²) in [6.45, 7) is 5.89. The summed E-state index contributed by atoms with van der Waals surface area (Å²) < 4.78 is 13.5. The van der Waals surface area contributed by atoms with E-state index in [0.717, 1.165) is 26.7 Å². The lowest BCUT2D eigenvalue weighted by Gasteiger charge is -2.16. The zero-order valence-corrected chi connectivity index (χ0v) is 11.9. The van der Waals surface area contributed by atoms with Gasteiger partial charge in [-0.15, -0.1) is 11.3 Å². The van der Waals surface area contributed by atoms with Crippen LogP contribution in [0.1, 0.15) is 32.7 Å². The van der Waals surface area contributed by atoms with Gasteiger partial charge in [0.2, 0.25) is 0 Å². The smallest absolute Gasteiger partial charge is 0.123 e. The summed E-state index contributed by atoms with van der Waals surface area (Å²) in [7, 11) is 1.89. The summed E-state index contributed by atoms with van der Waals surface area (Å²) >= 11 is 1.66. The Bertz CT molecular complexity index is 543. The summed E-state index contributed by atoms with van der Waals surface area (Å²) in [5, 5.41) is 4.28. The van der Waals surface area contributed by atoms with E-state index >= 15 is 0 Å². The van der Waals surface area contributed by atoms with Gasteiger partial charge in [0.25, 0.3) is 0 Å². The number of nitrogens with one attached hydrogen (secondary N) is 1. The van der Waals surface area contributed by atoms with Gasteiger partial charge in [0.15, 0.2) is 0 Å². The number of benzene rings is 1. The second kappa shape index (κ2) is 5.16. The van der Waals surface area contributed by atoms with Crippen molar-refractivity contribution in [2.45, 2.75) is 26.8 Å². The molecule has 96 valence electrons. The van der Waals surface area contributed by atoms with E-state index in [9.17, 15) is 4.39 Å². The Balaban J connectivity index is 2.48. The van der Waals surface area contributed by atoms with Gasteiger partial charge in [-0.2, -0.15) is 0 Å². The molecule has 0 aliphatic heterocycles. The monoisotopic (exact) mass is 264 g/mol. The first-order valence-electron chi connectivity index (χ1n) is 5.89. The van der Waals surface area contributed by atoms with Crippen LogP contribution in [0.15, 0.2) is 18.2 Å². The van der Waals surface area contributed by atoms with E-state index in [1.807, 2.05) is 33.9 Å². The number of nitrogens with zero attached hydrogens (tertiary/aromatic N) is 1. The number of thiazole rings is 1. The van der Waals surface area contributed by atoms with Crippen molar-refractivity contribution in [1.29, 1.82) is 0 Å². The highest BCUT2D eigenvalue weighted by Gasteiger charge is 2.18. The van der Waals surface area contributed by atoms with Crippen LogP contribution in [0.25, 0.3) is 0 Å². The van der Waals surface area contributed by atoms with E-state index in [4.69, 9.17) is 0 Å². The predicted molar refractivity (Wildman–Crippen MR) is 73.6 cm³/mol. The van der Waals surface area contributed by atoms with Crippen molar-refractivity contribution in [3.05, 3.63) is 50.7 Å². The molecule has 0 amide bonds. The fourth-order valence-corrected chi connectivity index (χ4v) is 3.26. The molecule has 0 aliphatic rings. The predicted octanol–water partition coefficient (Wildman–Crippen LogP) is 3.52. The highest BCUT2D eigenvalue weighted by atomic mass is 32.1. The van der Waals surface area contributed by atoms with Crippen molar-refractivity contribution in [1.82, 2.24) is 10.3 Å². The number of hydrogen-bond donors (Lipinski definition) is 1. The highest BCUT2D eigenvalue weighted by Crippen LogP contribution is 2.30. The molecular formula is C14H17FN2S. The van der Waals surface area contributed by atoms with Crippen LogP contribution in [0.3, 0.4) is 0 Å². The maximum atomic E-state index is 13.5. The zero-order chi connectivity index (χ0) is 13.3. The summed E-state index contributed by atoms with van der Waals surface area (Å²) in [4.78, 5) is 5.59. The Kier molecular flexibility index (Phi) is 3.78. The average molecular weight is 264 g/mol. The van der Waals surface area contributed by atoms with Gasteiger partial charge >= 0.3 is 0 Å². The first kappa shape index (κ1) is 13.2. The minimum Gasteiger partial charge on any atom is -0.309 e. The van der Waals surface area contributed by atoms with Crippen LogP contribution in [0, 0.1) is 26.6 Å². The largest absolute Gasteiger partial charge is 0.309 e. The normalized spacial score (nSPS) is 12.7. The van der Waals surface area contributed by atoms with E-state index in [2.05, 4.69) is 10.3 Å². The maximum Gasteiger partial charge on any atom is 0.123 e. The van der Waals surface area contributed by atoms with E-state index in [1.165, 1.54) is 0 Å². The Labute approximate surface area is 111 Å². The number of rotatable bonds is 3. The molecular weight excluding hydrogens is 247 g/mol. The molecule has 2 aromatic rings. The molecule has 1 unspecified atom stereocenters. The summed E-state index contributed by atoms with van der Waals surface area (Å²) in [5.74, 6) is -0.191. The van der Waals surface area contributed by atoms with E-state index < -0.39 is 0 Å². The van der Waals surface area contributed by atoms with Crippen molar-refractivity contribution in [3.8, 4) is 0 Å². The Morgan fingerprint density at radius 1 is 1.22 bits per heavy atom. The van der Waals surface area contributed by atoms with Gasteiger partial charge in [0.05, 0.1) is 16.7 Å². The number of halogens is 1. The molecule has 0 aliphatic carbocycles. The van der Waals surface area contributed by atoms with Crippen molar-refractivity contribution in [2.75, 3.05) is 7.05 Å². The molecule has 0 spiro atoms. The SMILES string of the molecule is CNC(c1cc(C)cc(F)c1)c1sc(C)nc1C. The maximum absolute atomic E-state index is 13.5. The van der Waals surface area contributed by atoms with E-state index in [0.29, 0.717) is 0 Å². The molecule has 0 radical (unpaired) electrons. The molecule has 2 nitrogen and oxygen atoms in total. The first-order valence-corrected chi connectivity index (χ1v) is 6.71. The number of aryl methyl sites for hydroxylation is 3. The minimum atomic E-state index is -0.191. The fraction of sp³-hybridized carbons (Fsp3) is 0.357. The lowest BCUT2D eigenvalue weighted by molar-refractivity contribution is 0.616. The van der Waals surface area contributed by atoms with Gasteiger partial charge in [-0.05, 0) is 51.1 Å². The van der Waals surface area contributed by atoms with Crippen molar-refractivity contribution in [2.24, 2.45) is 0 Å². The number of aromatic nitrogens is 1. The third kappa shape index (κ3) is 2.60. The molecule has 4 heteroatoms. The van der Waals surface area contributed by atoms with Crippen LogP contribution in [0.5, 0.6) is 0 Å². The van der Waals surface area contributed by atoms with Crippen LogP contribution in [0.2, 0.25) is 0 Å². The van der Waals surface area contributed by atoms with Crippen LogP contribution in [-0.2, 0) is 0 Å². The highest BCUT2D eigenvalue weighted by molar-refractivity contribution is 7.11.